The maximum absolute atomic E-state index is 11.8. The predicted molar refractivity (Wildman–Crippen MR) is 64.5 cm³/mol. The van der Waals surface area contributed by atoms with Gasteiger partial charge in [0.2, 0.25) is 0 Å². The lowest BCUT2D eigenvalue weighted by atomic mass is 10.1. The summed E-state index contributed by atoms with van der Waals surface area (Å²) in [5, 5.41) is 0. The van der Waals surface area contributed by atoms with Gasteiger partial charge < -0.3 is 10.1 Å². The maximum Gasteiger partial charge on any atom is 0.328 e. The second-order valence-corrected chi connectivity index (χ2v) is 3.72. The van der Waals surface area contributed by atoms with Crippen LogP contribution in [0.25, 0.3) is 11.2 Å². The number of carbonyl (C=O) groups excluding carboxylic acids is 1. The first-order valence-electron chi connectivity index (χ1n) is 5.18. The number of hydrogen-bond donors (Lipinski definition) is 0. The molecule has 0 fully saturated rings. The smallest absolute Gasteiger partial charge is 0.328 e. The third kappa shape index (κ3) is 2.22. The molecule has 0 saturated carbocycles. The minimum absolute atomic E-state index is 0.320. The molecule has 2 aromatic rings. The van der Waals surface area contributed by atoms with Crippen LogP contribution in [0.15, 0.2) is 42.7 Å². The van der Waals surface area contributed by atoms with Crippen LogP contribution in [-0.2, 0) is 0 Å². The number of aryl methyl sites for hydroxylation is 1. The highest BCUT2D eigenvalue weighted by atomic mass is 16.1. The number of rotatable bonds is 3. The molecule has 4 nitrogen and oxygen atoms in total. The van der Waals surface area contributed by atoms with E-state index in [2.05, 4.69) is 4.79 Å². The van der Waals surface area contributed by atoms with Crippen LogP contribution in [0.1, 0.15) is 15.9 Å². The molecular weight excluding hydrogens is 214 g/mol. The zero-order valence-electron chi connectivity index (χ0n) is 9.37. The standard InChI is InChI=1S/C13H11N3O/c1-10-4-5-12(16-6-2-3-7-16)11(8-10)13(17)9-15-14/h2-9H,1H3. The molecule has 1 aromatic carbocycles. The molecule has 0 aliphatic rings. The summed E-state index contributed by atoms with van der Waals surface area (Å²) in [4.78, 5) is 14.6. The van der Waals surface area contributed by atoms with E-state index in [1.807, 2.05) is 48.1 Å². The number of nitrogens with zero attached hydrogens (tertiary/aromatic N) is 3. The van der Waals surface area contributed by atoms with Gasteiger partial charge in [-0.2, -0.15) is 4.79 Å². The summed E-state index contributed by atoms with van der Waals surface area (Å²) in [7, 11) is 0. The second kappa shape index (κ2) is 4.60. The molecule has 0 aliphatic carbocycles. The van der Waals surface area contributed by atoms with Gasteiger partial charge in [-0.25, -0.2) is 0 Å². The van der Waals surface area contributed by atoms with Crippen molar-refractivity contribution in [2.45, 2.75) is 6.92 Å². The first-order chi connectivity index (χ1) is 8.22. The van der Waals surface area contributed by atoms with E-state index < -0.39 is 0 Å². The van der Waals surface area contributed by atoms with Gasteiger partial charge in [0, 0.05) is 12.4 Å². The third-order valence-corrected chi connectivity index (χ3v) is 2.48. The highest BCUT2D eigenvalue weighted by Gasteiger charge is 2.13. The fraction of sp³-hybridized carbons (Fsp3) is 0.0769. The lowest BCUT2D eigenvalue weighted by Gasteiger charge is -2.08. The average Bonchev–Trinajstić information content (AvgIpc) is 2.82. The number of benzene rings is 1. The largest absolute Gasteiger partial charge is 0.361 e. The number of aromatic nitrogens is 1. The predicted octanol–water partition coefficient (Wildman–Crippen LogP) is 2.27. The molecule has 0 bridgehead atoms. The number of carbonyl (C=O) groups is 1. The van der Waals surface area contributed by atoms with Crippen LogP contribution in [-0.4, -0.2) is 21.4 Å². The Morgan fingerprint density at radius 2 is 2.06 bits per heavy atom. The molecule has 0 radical (unpaired) electrons. The van der Waals surface area contributed by atoms with E-state index in [4.69, 9.17) is 5.53 Å². The van der Waals surface area contributed by atoms with Crippen molar-refractivity contribution in [1.29, 1.82) is 0 Å². The molecule has 1 aromatic heterocycles. The molecule has 4 heteroatoms. The molecule has 0 amide bonds. The molecule has 0 spiro atoms. The quantitative estimate of drug-likeness (QED) is 0.342. The van der Waals surface area contributed by atoms with Crippen molar-refractivity contribution in [3.63, 3.8) is 0 Å². The Labute approximate surface area is 98.7 Å². The number of hydrogen-bond acceptors (Lipinski definition) is 1. The van der Waals surface area contributed by atoms with E-state index in [-0.39, 0.29) is 5.78 Å². The Bertz CT molecular complexity index is 593. The monoisotopic (exact) mass is 225 g/mol. The zero-order valence-corrected chi connectivity index (χ0v) is 9.37. The van der Waals surface area contributed by atoms with Crippen LogP contribution in [0.5, 0.6) is 0 Å². The number of ketones is 1. The van der Waals surface area contributed by atoms with Crippen LogP contribution in [0.3, 0.4) is 0 Å². The Hall–Kier alpha value is -2.45. The topological polar surface area (TPSA) is 58.4 Å². The first kappa shape index (κ1) is 11.0. The average molecular weight is 225 g/mol. The minimum atomic E-state index is -0.320. The van der Waals surface area contributed by atoms with E-state index in [1.54, 1.807) is 6.07 Å². The van der Waals surface area contributed by atoms with Gasteiger partial charge in [0.05, 0.1) is 11.3 Å². The van der Waals surface area contributed by atoms with Crippen molar-refractivity contribution in [3.05, 3.63) is 59.4 Å². The van der Waals surface area contributed by atoms with Gasteiger partial charge in [-0.1, -0.05) is 11.6 Å². The van der Waals surface area contributed by atoms with Crippen molar-refractivity contribution in [3.8, 4) is 5.69 Å². The molecule has 0 unspecified atom stereocenters. The molecule has 0 N–H and O–H groups in total. The summed E-state index contributed by atoms with van der Waals surface area (Å²) in [6, 6.07) is 9.35. The maximum atomic E-state index is 11.8. The second-order valence-electron chi connectivity index (χ2n) is 3.72. The fourth-order valence-electron chi connectivity index (χ4n) is 1.69. The Morgan fingerprint density at radius 3 is 2.71 bits per heavy atom. The SMILES string of the molecule is Cc1ccc(-n2cccc2)c(C(=O)C=[N+]=[N-])c1. The van der Waals surface area contributed by atoms with Crippen molar-refractivity contribution >= 4 is 12.0 Å². The summed E-state index contributed by atoms with van der Waals surface area (Å²) in [5.74, 6) is -0.320. The highest BCUT2D eigenvalue weighted by Crippen LogP contribution is 2.17. The normalized spacial score (nSPS) is 9.71. The molecular formula is C13H11N3O. The molecule has 2 rings (SSSR count). The zero-order chi connectivity index (χ0) is 12.3. The van der Waals surface area contributed by atoms with Crippen LogP contribution in [0, 0.1) is 6.92 Å². The highest BCUT2D eigenvalue weighted by molar-refractivity contribution is 6.34. The van der Waals surface area contributed by atoms with Gasteiger partial charge in [0.25, 0.3) is 5.78 Å². The van der Waals surface area contributed by atoms with Crippen LogP contribution in [0.4, 0.5) is 0 Å². The third-order valence-electron chi connectivity index (χ3n) is 2.48. The van der Waals surface area contributed by atoms with Crippen molar-refractivity contribution < 1.29 is 9.58 Å². The van der Waals surface area contributed by atoms with Crippen molar-refractivity contribution in [1.82, 2.24) is 4.57 Å². The van der Waals surface area contributed by atoms with Gasteiger partial charge >= 0.3 is 6.21 Å². The molecule has 0 atom stereocenters. The van der Waals surface area contributed by atoms with Crippen LogP contribution in [0.2, 0.25) is 0 Å². The Balaban J connectivity index is 2.60. The first-order valence-corrected chi connectivity index (χ1v) is 5.18. The molecule has 1 heterocycles. The van der Waals surface area contributed by atoms with Gasteiger partial charge in [0.1, 0.15) is 0 Å². The summed E-state index contributed by atoms with van der Waals surface area (Å²) >= 11 is 0. The van der Waals surface area contributed by atoms with Crippen molar-refractivity contribution in [2.75, 3.05) is 0 Å². The summed E-state index contributed by atoms with van der Waals surface area (Å²) < 4.78 is 1.85. The van der Waals surface area contributed by atoms with E-state index in [1.165, 1.54) is 0 Å². The summed E-state index contributed by atoms with van der Waals surface area (Å²) in [6.07, 6.45) is 4.62. The Morgan fingerprint density at radius 1 is 1.35 bits per heavy atom. The lowest BCUT2D eigenvalue weighted by molar-refractivity contribution is 0.00234. The van der Waals surface area contributed by atoms with Gasteiger partial charge in [-0.3, -0.25) is 4.79 Å². The Kier molecular flexibility index (Phi) is 2.99. The summed E-state index contributed by atoms with van der Waals surface area (Å²) in [5.41, 5.74) is 10.7. The van der Waals surface area contributed by atoms with E-state index >= 15 is 0 Å². The van der Waals surface area contributed by atoms with E-state index in [0.717, 1.165) is 17.5 Å². The summed E-state index contributed by atoms with van der Waals surface area (Å²) in [6.45, 7) is 1.91. The van der Waals surface area contributed by atoms with Crippen LogP contribution >= 0.6 is 0 Å². The van der Waals surface area contributed by atoms with Crippen LogP contribution < -0.4 is 0 Å². The lowest BCUT2D eigenvalue weighted by Crippen LogP contribution is -2.07. The molecule has 84 valence electrons. The molecule has 0 aliphatic heterocycles. The minimum Gasteiger partial charge on any atom is -0.361 e. The van der Waals surface area contributed by atoms with Crippen molar-refractivity contribution in [2.24, 2.45) is 0 Å². The van der Waals surface area contributed by atoms with Gasteiger partial charge in [0.15, 0.2) is 0 Å². The van der Waals surface area contributed by atoms with E-state index in [9.17, 15) is 4.79 Å². The van der Waals surface area contributed by atoms with Gasteiger partial charge in [-0.15, -0.1) is 0 Å². The number of Topliss-reactive ketones (excluding diaryl/α,β-unsaturated/α-hetero) is 1. The molecule has 17 heavy (non-hydrogen) atoms. The fourth-order valence-corrected chi connectivity index (χ4v) is 1.69. The van der Waals surface area contributed by atoms with Gasteiger partial charge in [-0.05, 0) is 31.2 Å². The van der Waals surface area contributed by atoms with E-state index in [0.29, 0.717) is 5.56 Å². The molecule has 0 saturated heterocycles.